The van der Waals surface area contributed by atoms with E-state index >= 15 is 0 Å². The molecule has 16 heavy (non-hydrogen) atoms. The van der Waals surface area contributed by atoms with Gasteiger partial charge in [-0.25, -0.2) is 0 Å². The fourth-order valence-electron chi connectivity index (χ4n) is 1.57. The molecule has 1 N–H and O–H groups in total. The number of benzene rings is 1. The van der Waals surface area contributed by atoms with Crippen LogP contribution < -0.4 is 5.32 Å². The van der Waals surface area contributed by atoms with Crippen molar-refractivity contribution in [3.05, 3.63) is 47.1 Å². The van der Waals surface area contributed by atoms with E-state index in [1.54, 1.807) is 36.5 Å². The third-order valence-corrected chi connectivity index (χ3v) is 2.69. The van der Waals surface area contributed by atoms with Crippen LogP contribution in [0.2, 0.25) is 5.02 Å². The maximum atomic E-state index is 12.0. The second kappa shape index (κ2) is 4.49. The molecule has 1 atom stereocenters. The van der Waals surface area contributed by atoms with Crippen molar-refractivity contribution in [2.45, 2.75) is 0 Å². The Morgan fingerprint density at radius 2 is 2.00 bits per heavy atom. The SMILES string of the molecule is O=C1CNC=CC1C(=O)c1ccc(Cl)cc1. The maximum absolute atomic E-state index is 12.0. The van der Waals surface area contributed by atoms with Gasteiger partial charge in [0.1, 0.15) is 5.92 Å². The van der Waals surface area contributed by atoms with Crippen molar-refractivity contribution in [1.29, 1.82) is 0 Å². The van der Waals surface area contributed by atoms with Crippen molar-refractivity contribution in [3.8, 4) is 0 Å². The van der Waals surface area contributed by atoms with Gasteiger partial charge in [0.15, 0.2) is 11.6 Å². The molecule has 0 aliphatic carbocycles. The number of Topliss-reactive ketones (excluding diaryl/α,β-unsaturated/α-hetero) is 2. The topological polar surface area (TPSA) is 46.2 Å². The van der Waals surface area contributed by atoms with E-state index in [9.17, 15) is 9.59 Å². The Bertz CT molecular complexity index is 451. The number of ketones is 2. The zero-order chi connectivity index (χ0) is 11.5. The van der Waals surface area contributed by atoms with E-state index in [4.69, 9.17) is 11.6 Å². The Labute approximate surface area is 98.1 Å². The number of hydrogen-bond acceptors (Lipinski definition) is 3. The average Bonchev–Trinajstić information content (AvgIpc) is 2.30. The second-order valence-corrected chi connectivity index (χ2v) is 3.99. The second-order valence-electron chi connectivity index (χ2n) is 3.56. The van der Waals surface area contributed by atoms with Gasteiger partial charge in [0.05, 0.1) is 6.54 Å². The fraction of sp³-hybridized carbons (Fsp3) is 0.167. The molecule has 0 radical (unpaired) electrons. The molecular weight excluding hydrogens is 226 g/mol. The first kappa shape index (κ1) is 10.9. The number of allylic oxidation sites excluding steroid dienone is 1. The van der Waals surface area contributed by atoms with Gasteiger partial charge < -0.3 is 5.32 Å². The summed E-state index contributed by atoms with van der Waals surface area (Å²) in [5.74, 6) is -0.954. The van der Waals surface area contributed by atoms with Crippen molar-refractivity contribution >= 4 is 23.2 Å². The molecule has 1 aromatic rings. The van der Waals surface area contributed by atoms with Crippen molar-refractivity contribution in [2.24, 2.45) is 5.92 Å². The molecule has 1 aromatic carbocycles. The molecule has 0 saturated carbocycles. The minimum atomic E-state index is -0.664. The Kier molecular flexibility index (Phi) is 3.06. The highest BCUT2D eigenvalue weighted by molar-refractivity contribution is 6.30. The molecule has 0 spiro atoms. The largest absolute Gasteiger partial charge is 0.384 e. The third-order valence-electron chi connectivity index (χ3n) is 2.44. The van der Waals surface area contributed by atoms with E-state index in [1.807, 2.05) is 0 Å². The molecule has 2 rings (SSSR count). The summed E-state index contributed by atoms with van der Waals surface area (Å²) < 4.78 is 0. The molecule has 0 aromatic heterocycles. The Morgan fingerprint density at radius 3 is 2.62 bits per heavy atom. The zero-order valence-corrected chi connectivity index (χ0v) is 9.20. The van der Waals surface area contributed by atoms with Crippen LogP contribution >= 0.6 is 11.6 Å². The highest BCUT2D eigenvalue weighted by atomic mass is 35.5. The Balaban J connectivity index is 2.24. The highest BCUT2D eigenvalue weighted by Crippen LogP contribution is 2.16. The van der Waals surface area contributed by atoms with Gasteiger partial charge in [0, 0.05) is 10.6 Å². The van der Waals surface area contributed by atoms with Crippen molar-refractivity contribution < 1.29 is 9.59 Å². The van der Waals surface area contributed by atoms with Gasteiger partial charge in [0.25, 0.3) is 0 Å². The van der Waals surface area contributed by atoms with Crippen LogP contribution in [-0.4, -0.2) is 18.1 Å². The van der Waals surface area contributed by atoms with E-state index in [2.05, 4.69) is 5.32 Å². The third kappa shape index (κ3) is 2.14. The van der Waals surface area contributed by atoms with E-state index in [0.717, 1.165) is 0 Å². The van der Waals surface area contributed by atoms with Crippen LogP contribution in [0.25, 0.3) is 0 Å². The number of nitrogens with one attached hydrogen (secondary N) is 1. The molecule has 3 nitrogen and oxygen atoms in total. The minimum Gasteiger partial charge on any atom is -0.384 e. The molecule has 1 aliphatic heterocycles. The first-order valence-corrected chi connectivity index (χ1v) is 5.29. The summed E-state index contributed by atoms with van der Waals surface area (Å²) in [6.45, 7) is 0.209. The lowest BCUT2D eigenvalue weighted by molar-refractivity contribution is -0.119. The Morgan fingerprint density at radius 1 is 1.31 bits per heavy atom. The average molecular weight is 236 g/mol. The van der Waals surface area contributed by atoms with Crippen LogP contribution in [0.4, 0.5) is 0 Å². The van der Waals surface area contributed by atoms with Gasteiger partial charge in [-0.05, 0) is 30.5 Å². The monoisotopic (exact) mass is 235 g/mol. The molecule has 1 aliphatic rings. The zero-order valence-electron chi connectivity index (χ0n) is 8.44. The van der Waals surface area contributed by atoms with Crippen molar-refractivity contribution in [2.75, 3.05) is 6.54 Å². The minimum absolute atomic E-state index is 0.109. The molecule has 1 heterocycles. The van der Waals surface area contributed by atoms with E-state index < -0.39 is 5.92 Å². The quantitative estimate of drug-likeness (QED) is 0.628. The number of halogens is 1. The lowest BCUT2D eigenvalue weighted by Gasteiger charge is -2.15. The lowest BCUT2D eigenvalue weighted by Crippen LogP contribution is -2.33. The predicted molar refractivity (Wildman–Crippen MR) is 61.4 cm³/mol. The number of carbonyl (C=O) groups is 2. The van der Waals surface area contributed by atoms with E-state index in [-0.39, 0.29) is 18.1 Å². The summed E-state index contributed by atoms with van der Waals surface area (Å²) >= 11 is 5.73. The smallest absolute Gasteiger partial charge is 0.177 e. The molecule has 0 amide bonds. The number of rotatable bonds is 2. The van der Waals surface area contributed by atoms with Gasteiger partial charge in [-0.3, -0.25) is 9.59 Å². The Hall–Kier alpha value is -1.61. The lowest BCUT2D eigenvalue weighted by atomic mass is 9.92. The normalized spacial score (nSPS) is 19.3. The fourth-order valence-corrected chi connectivity index (χ4v) is 1.69. The summed E-state index contributed by atoms with van der Waals surface area (Å²) in [5.41, 5.74) is 0.509. The van der Waals surface area contributed by atoms with Gasteiger partial charge in [-0.1, -0.05) is 17.7 Å². The number of carbonyl (C=O) groups excluding carboxylic acids is 2. The van der Waals surface area contributed by atoms with Gasteiger partial charge in [0.2, 0.25) is 0 Å². The van der Waals surface area contributed by atoms with Crippen LogP contribution in [0.3, 0.4) is 0 Å². The van der Waals surface area contributed by atoms with E-state index in [1.165, 1.54) is 0 Å². The molecule has 4 heteroatoms. The highest BCUT2D eigenvalue weighted by Gasteiger charge is 2.26. The van der Waals surface area contributed by atoms with Crippen molar-refractivity contribution in [1.82, 2.24) is 5.32 Å². The summed E-state index contributed by atoms with van der Waals surface area (Å²) in [7, 11) is 0. The van der Waals surface area contributed by atoms with Crippen LogP contribution in [0.1, 0.15) is 10.4 Å². The number of hydrogen-bond donors (Lipinski definition) is 1. The summed E-state index contributed by atoms with van der Waals surface area (Å²) in [5, 5.41) is 3.35. The van der Waals surface area contributed by atoms with Gasteiger partial charge in [-0.2, -0.15) is 0 Å². The first-order valence-electron chi connectivity index (χ1n) is 4.91. The van der Waals surface area contributed by atoms with Crippen molar-refractivity contribution in [3.63, 3.8) is 0 Å². The molecule has 0 saturated heterocycles. The predicted octanol–water partition coefficient (Wildman–Crippen LogP) is 1.82. The molecule has 82 valence electrons. The summed E-state index contributed by atoms with van der Waals surface area (Å²) in [6, 6.07) is 6.55. The van der Waals surface area contributed by atoms with Gasteiger partial charge in [-0.15, -0.1) is 0 Å². The van der Waals surface area contributed by atoms with Crippen LogP contribution in [0, 0.1) is 5.92 Å². The first-order chi connectivity index (χ1) is 7.68. The summed E-state index contributed by atoms with van der Waals surface area (Å²) in [4.78, 5) is 23.5. The van der Waals surface area contributed by atoms with Crippen LogP contribution in [0.5, 0.6) is 0 Å². The van der Waals surface area contributed by atoms with E-state index in [0.29, 0.717) is 10.6 Å². The molecule has 0 fully saturated rings. The molecule has 1 unspecified atom stereocenters. The maximum Gasteiger partial charge on any atom is 0.177 e. The van der Waals surface area contributed by atoms with Gasteiger partial charge >= 0.3 is 0 Å². The molecule has 0 bridgehead atoms. The van der Waals surface area contributed by atoms with Crippen LogP contribution in [-0.2, 0) is 4.79 Å². The van der Waals surface area contributed by atoms with Crippen LogP contribution in [0.15, 0.2) is 36.5 Å². The molecular formula is C12H10ClNO2. The standard InChI is InChI=1S/C12H10ClNO2/c13-9-3-1-8(2-4-9)12(16)10-5-6-14-7-11(10)15/h1-6,10,14H,7H2. The summed E-state index contributed by atoms with van der Waals surface area (Å²) in [6.07, 6.45) is 3.22.